The zero-order valence-corrected chi connectivity index (χ0v) is 15.0. The number of benzene rings is 2. The Morgan fingerprint density at radius 2 is 1.92 bits per heavy atom. The van der Waals surface area contributed by atoms with Gasteiger partial charge in [-0.3, -0.25) is 20.4 Å². The van der Waals surface area contributed by atoms with Crippen molar-refractivity contribution in [1.29, 1.82) is 0 Å². The van der Waals surface area contributed by atoms with E-state index in [0.29, 0.717) is 5.02 Å². The minimum atomic E-state index is -0.993. The molecule has 2 amide bonds. The number of nitrogens with one attached hydrogen (secondary N) is 2. The van der Waals surface area contributed by atoms with E-state index in [-0.39, 0.29) is 5.75 Å². The molecule has 0 fully saturated rings. The molecule has 136 valence electrons. The third-order valence-corrected chi connectivity index (χ3v) is 3.85. The maximum atomic E-state index is 13.5. The van der Waals surface area contributed by atoms with Crippen molar-refractivity contribution in [2.75, 3.05) is 0 Å². The summed E-state index contributed by atoms with van der Waals surface area (Å²) >= 11 is 6.01. The number of halogens is 2. The van der Waals surface area contributed by atoms with Crippen molar-refractivity contribution in [1.82, 2.24) is 10.9 Å². The highest BCUT2D eigenvalue weighted by atomic mass is 35.5. The van der Waals surface area contributed by atoms with Crippen LogP contribution in [0.2, 0.25) is 5.02 Å². The Labute approximate surface area is 155 Å². The van der Waals surface area contributed by atoms with Gasteiger partial charge >= 0.3 is 0 Å². The second-order valence-corrected chi connectivity index (χ2v) is 5.92. The number of rotatable bonds is 5. The molecule has 1 atom stereocenters. The molecule has 0 aliphatic heterocycles. The smallest absolute Gasteiger partial charge is 0.279 e. The Kier molecular flexibility index (Phi) is 6.74. The summed E-state index contributed by atoms with van der Waals surface area (Å²) in [5.41, 5.74) is 6.13. The fourth-order valence-electron chi connectivity index (χ4n) is 1.94. The lowest BCUT2D eigenvalue weighted by molar-refractivity contribution is -0.131. The first kappa shape index (κ1) is 19.5. The number of para-hydroxylation sites is 1. The summed E-state index contributed by atoms with van der Waals surface area (Å²) in [6.45, 7) is 3.32. The number of aryl methyl sites for hydroxylation is 1. The Bertz CT molecular complexity index is 839. The standard InChI is InChI=1S/C19H18ClFN2O3/c1-12-7-8-14(11-15(12)20)9-10-18(24)22-23-19(25)13(2)26-17-6-4-3-5-16(17)21/h3-11,13H,1-2H3,(H,22,24)(H,23,25)/b10-9+/t13-/m0/s1. The first-order valence-electron chi connectivity index (χ1n) is 7.82. The molecular formula is C19H18ClFN2O3. The number of hydrogen-bond donors (Lipinski definition) is 2. The Balaban J connectivity index is 1.84. The predicted octanol–water partition coefficient (Wildman–Crippen LogP) is 3.42. The molecular weight excluding hydrogens is 359 g/mol. The number of ether oxygens (including phenoxy) is 1. The fourth-order valence-corrected chi connectivity index (χ4v) is 2.12. The highest BCUT2D eigenvalue weighted by Crippen LogP contribution is 2.18. The first-order chi connectivity index (χ1) is 12.4. The first-order valence-corrected chi connectivity index (χ1v) is 8.20. The molecule has 0 saturated carbocycles. The van der Waals surface area contributed by atoms with Crippen LogP contribution >= 0.6 is 11.6 Å². The zero-order chi connectivity index (χ0) is 19.1. The van der Waals surface area contributed by atoms with Crippen molar-refractivity contribution in [2.45, 2.75) is 20.0 Å². The van der Waals surface area contributed by atoms with Gasteiger partial charge in [-0.25, -0.2) is 4.39 Å². The highest BCUT2D eigenvalue weighted by molar-refractivity contribution is 6.31. The molecule has 0 radical (unpaired) electrons. The largest absolute Gasteiger partial charge is 0.478 e. The van der Waals surface area contributed by atoms with Gasteiger partial charge in [-0.05, 0) is 49.2 Å². The predicted molar refractivity (Wildman–Crippen MR) is 98.0 cm³/mol. The van der Waals surface area contributed by atoms with Crippen LogP contribution in [0, 0.1) is 12.7 Å². The van der Waals surface area contributed by atoms with Gasteiger partial charge in [0.25, 0.3) is 11.8 Å². The molecule has 0 bridgehead atoms. The average Bonchev–Trinajstić information content (AvgIpc) is 2.62. The van der Waals surface area contributed by atoms with Gasteiger partial charge in [0.2, 0.25) is 0 Å². The SMILES string of the molecule is Cc1ccc(/C=C/C(=O)NNC(=O)[C@H](C)Oc2ccccc2F)cc1Cl. The van der Waals surface area contributed by atoms with Gasteiger partial charge in [0, 0.05) is 11.1 Å². The Hall–Kier alpha value is -2.86. The van der Waals surface area contributed by atoms with Crippen molar-refractivity contribution in [3.05, 3.63) is 70.5 Å². The minimum Gasteiger partial charge on any atom is -0.478 e. The van der Waals surface area contributed by atoms with Crippen LogP contribution in [0.15, 0.2) is 48.5 Å². The van der Waals surface area contributed by atoms with Gasteiger partial charge in [-0.15, -0.1) is 0 Å². The molecule has 2 rings (SSSR count). The monoisotopic (exact) mass is 376 g/mol. The van der Waals surface area contributed by atoms with E-state index in [4.69, 9.17) is 16.3 Å². The van der Waals surface area contributed by atoms with Gasteiger partial charge in [0.05, 0.1) is 0 Å². The number of carbonyl (C=O) groups excluding carboxylic acids is 2. The van der Waals surface area contributed by atoms with Crippen LogP contribution < -0.4 is 15.6 Å². The Morgan fingerprint density at radius 3 is 2.62 bits per heavy atom. The third kappa shape index (κ3) is 5.60. The van der Waals surface area contributed by atoms with E-state index in [9.17, 15) is 14.0 Å². The van der Waals surface area contributed by atoms with Crippen LogP contribution in [0.25, 0.3) is 6.08 Å². The molecule has 0 aliphatic rings. The summed E-state index contributed by atoms with van der Waals surface area (Å²) < 4.78 is 18.7. The third-order valence-electron chi connectivity index (χ3n) is 3.44. The van der Waals surface area contributed by atoms with Crippen LogP contribution in [-0.2, 0) is 9.59 Å². The summed E-state index contributed by atoms with van der Waals surface area (Å²) in [4.78, 5) is 23.7. The number of hydrazine groups is 1. The normalized spacial score (nSPS) is 11.8. The molecule has 0 aromatic heterocycles. The van der Waals surface area contributed by atoms with E-state index in [1.807, 2.05) is 19.1 Å². The summed E-state index contributed by atoms with van der Waals surface area (Å²) in [7, 11) is 0. The van der Waals surface area contributed by atoms with E-state index in [0.717, 1.165) is 11.1 Å². The molecule has 7 heteroatoms. The van der Waals surface area contributed by atoms with Crippen molar-refractivity contribution < 1.29 is 18.7 Å². The molecule has 0 spiro atoms. The van der Waals surface area contributed by atoms with E-state index in [1.165, 1.54) is 31.2 Å². The quantitative estimate of drug-likeness (QED) is 0.620. The van der Waals surface area contributed by atoms with Crippen LogP contribution in [0.4, 0.5) is 4.39 Å². The topological polar surface area (TPSA) is 67.4 Å². The van der Waals surface area contributed by atoms with Crippen molar-refractivity contribution in [3.8, 4) is 5.75 Å². The lowest BCUT2D eigenvalue weighted by Crippen LogP contribution is -2.46. The molecule has 2 N–H and O–H groups in total. The van der Waals surface area contributed by atoms with Gasteiger partial charge in [-0.2, -0.15) is 0 Å². The summed E-state index contributed by atoms with van der Waals surface area (Å²) in [6, 6.07) is 11.1. The maximum absolute atomic E-state index is 13.5. The second kappa shape index (κ2) is 9.01. The van der Waals surface area contributed by atoms with Gasteiger partial charge in [-0.1, -0.05) is 35.9 Å². The van der Waals surface area contributed by atoms with Crippen molar-refractivity contribution in [2.24, 2.45) is 0 Å². The van der Waals surface area contributed by atoms with E-state index < -0.39 is 23.7 Å². The molecule has 5 nitrogen and oxygen atoms in total. The van der Waals surface area contributed by atoms with Crippen molar-refractivity contribution in [3.63, 3.8) is 0 Å². The molecule has 2 aromatic carbocycles. The van der Waals surface area contributed by atoms with Crippen LogP contribution in [0.3, 0.4) is 0 Å². The number of amides is 2. The summed E-state index contributed by atoms with van der Waals surface area (Å²) in [5.74, 6) is -1.77. The van der Waals surface area contributed by atoms with Crippen LogP contribution in [-0.4, -0.2) is 17.9 Å². The highest BCUT2D eigenvalue weighted by Gasteiger charge is 2.16. The van der Waals surface area contributed by atoms with Crippen LogP contribution in [0.5, 0.6) is 5.75 Å². The van der Waals surface area contributed by atoms with Gasteiger partial charge in [0.1, 0.15) is 0 Å². The molecule has 0 heterocycles. The van der Waals surface area contributed by atoms with E-state index in [1.54, 1.807) is 18.2 Å². The lowest BCUT2D eigenvalue weighted by Gasteiger charge is -2.15. The molecule has 26 heavy (non-hydrogen) atoms. The summed E-state index contributed by atoms with van der Waals surface area (Å²) in [5, 5.41) is 0.597. The van der Waals surface area contributed by atoms with Gasteiger partial charge in [0.15, 0.2) is 17.7 Å². The van der Waals surface area contributed by atoms with Crippen molar-refractivity contribution >= 4 is 29.5 Å². The Morgan fingerprint density at radius 1 is 1.19 bits per heavy atom. The summed E-state index contributed by atoms with van der Waals surface area (Å²) in [6.07, 6.45) is 1.82. The van der Waals surface area contributed by atoms with Crippen LogP contribution in [0.1, 0.15) is 18.1 Å². The van der Waals surface area contributed by atoms with E-state index in [2.05, 4.69) is 10.9 Å². The zero-order valence-electron chi connectivity index (χ0n) is 14.3. The molecule has 0 aliphatic carbocycles. The molecule has 0 unspecified atom stereocenters. The molecule has 0 saturated heterocycles. The number of hydrogen-bond acceptors (Lipinski definition) is 3. The maximum Gasteiger partial charge on any atom is 0.279 e. The van der Waals surface area contributed by atoms with E-state index >= 15 is 0 Å². The second-order valence-electron chi connectivity index (χ2n) is 5.51. The molecule has 2 aromatic rings. The minimum absolute atomic E-state index is 0.0439. The average molecular weight is 377 g/mol. The lowest BCUT2D eigenvalue weighted by atomic mass is 10.1. The number of carbonyl (C=O) groups is 2. The van der Waals surface area contributed by atoms with Gasteiger partial charge < -0.3 is 4.74 Å². The fraction of sp³-hybridized carbons (Fsp3) is 0.158.